The van der Waals surface area contributed by atoms with Gasteiger partial charge in [0.2, 0.25) is 11.8 Å². The van der Waals surface area contributed by atoms with Crippen LogP contribution in [0.2, 0.25) is 0 Å². The molecule has 0 aromatic rings. The lowest BCUT2D eigenvalue weighted by Crippen LogP contribution is -2.42. The number of alkyl carbamates (subject to hydrolysis) is 1. The molecule has 0 saturated carbocycles. The predicted octanol–water partition coefficient (Wildman–Crippen LogP) is 0.549. The highest BCUT2D eigenvalue weighted by atomic mass is 79.9. The van der Waals surface area contributed by atoms with Gasteiger partial charge in [-0.3, -0.25) is 14.9 Å². The fourth-order valence-electron chi connectivity index (χ4n) is 0.700. The SMILES string of the molecule is CC(C)(C)OC(=O)NCC(=O)NC(=O)CBr. The van der Waals surface area contributed by atoms with Crippen molar-refractivity contribution in [3.05, 3.63) is 0 Å². The Balaban J connectivity index is 3.84. The minimum atomic E-state index is -0.700. The van der Waals surface area contributed by atoms with E-state index in [0.29, 0.717) is 0 Å². The maximum Gasteiger partial charge on any atom is 0.408 e. The van der Waals surface area contributed by atoms with Crippen LogP contribution < -0.4 is 10.6 Å². The van der Waals surface area contributed by atoms with Crippen molar-refractivity contribution < 1.29 is 19.1 Å². The molecule has 0 heterocycles. The number of carbonyl (C=O) groups is 3. The maximum atomic E-state index is 11.1. The number of rotatable bonds is 3. The van der Waals surface area contributed by atoms with Crippen LogP contribution in [0.25, 0.3) is 0 Å². The molecule has 0 rings (SSSR count). The van der Waals surface area contributed by atoms with Crippen molar-refractivity contribution >= 4 is 33.8 Å². The summed E-state index contributed by atoms with van der Waals surface area (Å²) in [5, 5.41) is 4.31. The van der Waals surface area contributed by atoms with E-state index in [1.165, 1.54) is 0 Å². The monoisotopic (exact) mass is 294 g/mol. The molecule has 0 aromatic carbocycles. The second-order valence-electron chi connectivity index (χ2n) is 3.96. The van der Waals surface area contributed by atoms with Crippen LogP contribution in [0, 0.1) is 0 Å². The first kappa shape index (κ1) is 14.9. The number of ether oxygens (including phenoxy) is 1. The molecule has 16 heavy (non-hydrogen) atoms. The van der Waals surface area contributed by atoms with E-state index in [4.69, 9.17) is 4.74 Å². The third-order valence-electron chi connectivity index (χ3n) is 1.19. The van der Waals surface area contributed by atoms with Gasteiger partial charge in [0.25, 0.3) is 0 Å². The van der Waals surface area contributed by atoms with E-state index in [1.54, 1.807) is 20.8 Å². The second kappa shape index (κ2) is 6.47. The summed E-state index contributed by atoms with van der Waals surface area (Å²) in [7, 11) is 0. The van der Waals surface area contributed by atoms with Gasteiger partial charge in [-0.25, -0.2) is 4.79 Å². The lowest BCUT2D eigenvalue weighted by Gasteiger charge is -2.19. The summed E-state index contributed by atoms with van der Waals surface area (Å²) in [5.74, 6) is -1.05. The largest absolute Gasteiger partial charge is 0.444 e. The number of amides is 3. The van der Waals surface area contributed by atoms with Crippen LogP contribution >= 0.6 is 15.9 Å². The van der Waals surface area contributed by atoms with Gasteiger partial charge in [-0.05, 0) is 20.8 Å². The van der Waals surface area contributed by atoms with Gasteiger partial charge < -0.3 is 10.1 Å². The number of nitrogens with one attached hydrogen (secondary N) is 2. The topological polar surface area (TPSA) is 84.5 Å². The highest BCUT2D eigenvalue weighted by molar-refractivity contribution is 9.09. The lowest BCUT2D eigenvalue weighted by atomic mass is 10.2. The summed E-state index contributed by atoms with van der Waals surface area (Å²) in [4.78, 5) is 32.9. The van der Waals surface area contributed by atoms with Gasteiger partial charge in [0.1, 0.15) is 12.1 Å². The Hall–Kier alpha value is -1.11. The molecular formula is C9H15BrN2O4. The Bertz CT molecular complexity index is 286. The normalized spacial score (nSPS) is 10.5. The molecule has 0 aliphatic heterocycles. The zero-order valence-electron chi connectivity index (χ0n) is 9.43. The van der Waals surface area contributed by atoms with Crippen LogP contribution in [-0.4, -0.2) is 35.4 Å². The number of carbonyl (C=O) groups excluding carboxylic acids is 3. The van der Waals surface area contributed by atoms with Crippen molar-refractivity contribution in [3.63, 3.8) is 0 Å². The van der Waals surface area contributed by atoms with Crippen molar-refractivity contribution in [2.24, 2.45) is 0 Å². The smallest absolute Gasteiger partial charge is 0.408 e. The van der Waals surface area contributed by atoms with Crippen LogP contribution in [0.15, 0.2) is 0 Å². The van der Waals surface area contributed by atoms with Crippen molar-refractivity contribution in [1.29, 1.82) is 0 Å². The Morgan fingerprint density at radius 3 is 2.19 bits per heavy atom. The number of hydrogen-bond acceptors (Lipinski definition) is 4. The summed E-state index contributed by atoms with van der Waals surface area (Å²) in [6, 6.07) is 0. The first-order valence-corrected chi connectivity index (χ1v) is 5.72. The molecule has 0 aliphatic rings. The number of imide groups is 1. The van der Waals surface area contributed by atoms with Crippen LogP contribution in [0.1, 0.15) is 20.8 Å². The molecule has 0 fully saturated rings. The van der Waals surface area contributed by atoms with Crippen LogP contribution in [-0.2, 0) is 14.3 Å². The molecule has 0 spiro atoms. The minimum Gasteiger partial charge on any atom is -0.444 e. The maximum absolute atomic E-state index is 11.1. The summed E-state index contributed by atoms with van der Waals surface area (Å²) >= 11 is 2.89. The van der Waals surface area contributed by atoms with E-state index in [1.807, 2.05) is 0 Å². The van der Waals surface area contributed by atoms with E-state index < -0.39 is 23.5 Å². The van der Waals surface area contributed by atoms with Crippen molar-refractivity contribution in [3.8, 4) is 0 Å². The quantitative estimate of drug-likeness (QED) is 0.745. The van der Waals surface area contributed by atoms with Crippen LogP contribution in [0.3, 0.4) is 0 Å². The van der Waals surface area contributed by atoms with Crippen LogP contribution in [0.4, 0.5) is 4.79 Å². The third-order valence-corrected chi connectivity index (χ3v) is 1.70. The minimum absolute atomic E-state index is 0.0329. The standard InChI is InChI=1S/C9H15BrN2O4/c1-9(2,3)16-8(15)11-5-7(14)12-6(13)4-10/h4-5H2,1-3H3,(H,11,15)(H,12,13,14). The molecule has 3 amide bonds. The number of hydrogen-bond donors (Lipinski definition) is 2. The van der Waals surface area contributed by atoms with Crippen molar-refractivity contribution in [1.82, 2.24) is 10.6 Å². The molecule has 92 valence electrons. The average Bonchev–Trinajstić information content (AvgIpc) is 2.12. The van der Waals surface area contributed by atoms with Gasteiger partial charge in [0.15, 0.2) is 0 Å². The number of alkyl halides is 1. The highest BCUT2D eigenvalue weighted by Crippen LogP contribution is 2.05. The lowest BCUT2D eigenvalue weighted by molar-refractivity contribution is -0.128. The summed E-state index contributed by atoms with van der Waals surface area (Å²) < 4.78 is 4.90. The third kappa shape index (κ3) is 8.22. The zero-order chi connectivity index (χ0) is 12.8. The van der Waals surface area contributed by atoms with Crippen molar-refractivity contribution in [2.45, 2.75) is 26.4 Å². The Morgan fingerprint density at radius 2 is 1.75 bits per heavy atom. The molecule has 6 nitrogen and oxygen atoms in total. The summed E-state index contributed by atoms with van der Waals surface area (Å²) in [6.07, 6.45) is -0.700. The van der Waals surface area contributed by atoms with Gasteiger partial charge in [-0.15, -0.1) is 0 Å². The predicted molar refractivity (Wildman–Crippen MR) is 61.2 cm³/mol. The van der Waals surface area contributed by atoms with E-state index >= 15 is 0 Å². The fraction of sp³-hybridized carbons (Fsp3) is 0.667. The van der Waals surface area contributed by atoms with Gasteiger partial charge in [-0.2, -0.15) is 0 Å². The van der Waals surface area contributed by atoms with E-state index in [2.05, 4.69) is 26.6 Å². The van der Waals surface area contributed by atoms with Gasteiger partial charge in [-0.1, -0.05) is 15.9 Å². The molecule has 0 unspecified atom stereocenters. The van der Waals surface area contributed by atoms with E-state index in [-0.39, 0.29) is 11.9 Å². The molecule has 0 atom stereocenters. The molecule has 2 N–H and O–H groups in total. The first-order valence-electron chi connectivity index (χ1n) is 4.60. The average molecular weight is 295 g/mol. The van der Waals surface area contributed by atoms with Gasteiger partial charge >= 0.3 is 6.09 Å². The van der Waals surface area contributed by atoms with Gasteiger partial charge in [0.05, 0.1) is 5.33 Å². The van der Waals surface area contributed by atoms with Crippen molar-refractivity contribution in [2.75, 3.05) is 11.9 Å². The number of halogens is 1. The second-order valence-corrected chi connectivity index (χ2v) is 4.52. The Morgan fingerprint density at radius 1 is 1.19 bits per heavy atom. The van der Waals surface area contributed by atoms with Crippen LogP contribution in [0.5, 0.6) is 0 Å². The molecule has 0 saturated heterocycles. The first-order chi connectivity index (χ1) is 7.24. The van der Waals surface area contributed by atoms with E-state index in [0.717, 1.165) is 0 Å². The Kier molecular flexibility index (Phi) is 6.02. The zero-order valence-corrected chi connectivity index (χ0v) is 11.0. The molecular weight excluding hydrogens is 280 g/mol. The molecule has 7 heteroatoms. The molecule has 0 aromatic heterocycles. The Labute approximate surface area is 102 Å². The molecule has 0 aliphatic carbocycles. The summed E-state index contributed by atoms with van der Waals surface area (Å²) in [5.41, 5.74) is -0.619. The van der Waals surface area contributed by atoms with E-state index in [9.17, 15) is 14.4 Å². The fourth-order valence-corrected chi connectivity index (χ4v) is 0.840. The molecule has 0 radical (unpaired) electrons. The van der Waals surface area contributed by atoms with Gasteiger partial charge in [0, 0.05) is 0 Å². The highest BCUT2D eigenvalue weighted by Gasteiger charge is 2.16. The summed E-state index contributed by atoms with van der Waals surface area (Å²) in [6.45, 7) is 4.83. The molecule has 0 bridgehead atoms.